The van der Waals surface area contributed by atoms with Gasteiger partial charge >= 0.3 is 5.97 Å². The lowest BCUT2D eigenvalue weighted by atomic mass is 10.0. The van der Waals surface area contributed by atoms with Crippen LogP contribution in [0.1, 0.15) is 32.1 Å². The Kier molecular flexibility index (Phi) is 3.71. The summed E-state index contributed by atoms with van der Waals surface area (Å²) in [5, 5.41) is 11.9. The molecule has 0 heterocycles. The Morgan fingerprint density at radius 1 is 1.30 bits per heavy atom. The van der Waals surface area contributed by atoms with Gasteiger partial charge in [0.05, 0.1) is 0 Å². The molecule has 20 heavy (non-hydrogen) atoms. The van der Waals surface area contributed by atoms with Crippen LogP contribution in [0.5, 0.6) is 0 Å². The number of rotatable bonds is 7. The van der Waals surface area contributed by atoms with Crippen molar-refractivity contribution in [1.82, 2.24) is 5.32 Å². The number of amides is 1. The van der Waals surface area contributed by atoms with Gasteiger partial charge in [-0.1, -0.05) is 0 Å². The monoisotopic (exact) mass is 281 g/mol. The molecule has 5 nitrogen and oxygen atoms in total. The van der Waals surface area contributed by atoms with Crippen molar-refractivity contribution in [2.75, 3.05) is 13.7 Å². The molecule has 5 heteroatoms. The molecule has 0 spiro atoms. The van der Waals surface area contributed by atoms with Crippen LogP contribution in [-0.2, 0) is 14.3 Å². The molecule has 0 aromatic carbocycles. The second kappa shape index (κ2) is 5.35. The minimum absolute atomic E-state index is 0.0265. The number of hydrogen-bond acceptors (Lipinski definition) is 3. The van der Waals surface area contributed by atoms with Crippen molar-refractivity contribution in [3.05, 3.63) is 0 Å². The minimum atomic E-state index is -0.941. The number of methoxy groups -OCH3 is 1. The predicted octanol–water partition coefficient (Wildman–Crippen LogP) is 1.27. The van der Waals surface area contributed by atoms with Crippen molar-refractivity contribution in [2.45, 2.75) is 38.1 Å². The van der Waals surface area contributed by atoms with E-state index in [-0.39, 0.29) is 11.8 Å². The van der Waals surface area contributed by atoms with Gasteiger partial charge in [0.15, 0.2) is 0 Å². The lowest BCUT2D eigenvalue weighted by Crippen LogP contribution is -2.42. The molecule has 0 aromatic heterocycles. The fraction of sp³-hybridized carbons (Fsp3) is 0.867. The van der Waals surface area contributed by atoms with Gasteiger partial charge < -0.3 is 15.2 Å². The van der Waals surface area contributed by atoms with Gasteiger partial charge in [0.1, 0.15) is 6.04 Å². The minimum Gasteiger partial charge on any atom is -0.480 e. The van der Waals surface area contributed by atoms with Crippen LogP contribution in [0.4, 0.5) is 0 Å². The second-order valence-corrected chi connectivity index (χ2v) is 6.55. The molecule has 3 aliphatic carbocycles. The van der Waals surface area contributed by atoms with Crippen LogP contribution in [0.15, 0.2) is 0 Å². The largest absolute Gasteiger partial charge is 0.480 e. The normalized spacial score (nSPS) is 38.4. The van der Waals surface area contributed by atoms with E-state index in [1.54, 1.807) is 7.11 Å². The molecule has 1 amide bonds. The predicted molar refractivity (Wildman–Crippen MR) is 72.0 cm³/mol. The Bertz CT molecular complexity index is 395. The summed E-state index contributed by atoms with van der Waals surface area (Å²) in [6.45, 7) is 0.526. The highest BCUT2D eigenvalue weighted by Crippen LogP contribution is 2.69. The molecule has 0 aliphatic heterocycles. The van der Waals surface area contributed by atoms with Gasteiger partial charge in [0.25, 0.3) is 0 Å². The first kappa shape index (κ1) is 13.9. The number of fused-ring (bicyclic) bond motifs is 5. The maximum Gasteiger partial charge on any atom is 0.326 e. The third-order valence-electron chi connectivity index (χ3n) is 5.49. The van der Waals surface area contributed by atoms with Crippen LogP contribution >= 0.6 is 0 Å². The quantitative estimate of drug-likeness (QED) is 0.689. The molecule has 2 bridgehead atoms. The zero-order valence-electron chi connectivity index (χ0n) is 11.9. The van der Waals surface area contributed by atoms with Crippen LogP contribution in [0.2, 0.25) is 0 Å². The molecule has 2 N–H and O–H groups in total. The highest BCUT2D eigenvalue weighted by Gasteiger charge is 2.67. The van der Waals surface area contributed by atoms with Gasteiger partial charge in [0, 0.05) is 19.6 Å². The molecule has 5 atom stereocenters. The standard InChI is InChI=1S/C15H23NO4/c1-20-6-2-3-10(15(18)19)16-14(17)13-11-8-4-5-9(7-8)12(11)13/h8-13H,2-7H2,1H3,(H,16,17)(H,18,19). The summed E-state index contributed by atoms with van der Waals surface area (Å²) in [6.07, 6.45) is 4.92. The van der Waals surface area contributed by atoms with Crippen molar-refractivity contribution < 1.29 is 19.4 Å². The topological polar surface area (TPSA) is 75.6 Å². The molecular formula is C15H23NO4. The third kappa shape index (κ3) is 2.32. The molecule has 3 saturated carbocycles. The lowest BCUT2D eigenvalue weighted by Gasteiger charge is -2.16. The van der Waals surface area contributed by atoms with Crippen molar-refractivity contribution in [2.24, 2.45) is 29.6 Å². The van der Waals surface area contributed by atoms with Gasteiger partial charge in [-0.15, -0.1) is 0 Å². The number of carbonyl (C=O) groups excluding carboxylic acids is 1. The average molecular weight is 281 g/mol. The Balaban J connectivity index is 1.51. The fourth-order valence-corrected chi connectivity index (χ4v) is 4.63. The van der Waals surface area contributed by atoms with Gasteiger partial charge in [-0.05, 0) is 55.8 Å². The van der Waals surface area contributed by atoms with Crippen molar-refractivity contribution in [3.63, 3.8) is 0 Å². The molecule has 3 rings (SSSR count). The molecule has 3 aliphatic rings. The number of ether oxygens (including phenoxy) is 1. The summed E-state index contributed by atoms with van der Waals surface area (Å²) in [7, 11) is 1.59. The smallest absolute Gasteiger partial charge is 0.326 e. The molecule has 0 saturated heterocycles. The number of carboxylic acid groups (broad SMARTS) is 1. The first-order chi connectivity index (χ1) is 9.63. The second-order valence-electron chi connectivity index (χ2n) is 6.55. The fourth-order valence-electron chi connectivity index (χ4n) is 4.63. The van der Waals surface area contributed by atoms with E-state index < -0.39 is 12.0 Å². The van der Waals surface area contributed by atoms with E-state index in [0.717, 1.165) is 11.8 Å². The summed E-state index contributed by atoms with van der Waals surface area (Å²) in [5.41, 5.74) is 0. The number of carbonyl (C=O) groups is 2. The Morgan fingerprint density at radius 3 is 2.50 bits per heavy atom. The number of hydrogen-bond donors (Lipinski definition) is 2. The molecule has 112 valence electrons. The SMILES string of the molecule is COCCCC(NC(=O)C1C2C3CCC(C3)C12)C(=O)O. The first-order valence-corrected chi connectivity index (χ1v) is 7.65. The Labute approximate surface area is 119 Å². The van der Waals surface area contributed by atoms with Crippen LogP contribution < -0.4 is 5.32 Å². The summed E-state index contributed by atoms with van der Waals surface area (Å²) < 4.78 is 4.93. The molecular weight excluding hydrogens is 258 g/mol. The number of carboxylic acids is 1. The van der Waals surface area contributed by atoms with E-state index in [2.05, 4.69) is 5.32 Å². The van der Waals surface area contributed by atoms with E-state index in [0.29, 0.717) is 31.3 Å². The lowest BCUT2D eigenvalue weighted by molar-refractivity contribution is -0.142. The van der Waals surface area contributed by atoms with Crippen LogP contribution in [0.3, 0.4) is 0 Å². The number of aliphatic carboxylic acids is 1. The van der Waals surface area contributed by atoms with Crippen LogP contribution in [0, 0.1) is 29.6 Å². The van der Waals surface area contributed by atoms with E-state index >= 15 is 0 Å². The van der Waals surface area contributed by atoms with Crippen molar-refractivity contribution in [1.29, 1.82) is 0 Å². The van der Waals surface area contributed by atoms with Crippen LogP contribution in [0.25, 0.3) is 0 Å². The Hall–Kier alpha value is -1.10. The summed E-state index contributed by atoms with van der Waals surface area (Å²) in [5.74, 6) is 1.72. The Morgan fingerprint density at radius 2 is 1.95 bits per heavy atom. The number of nitrogens with one attached hydrogen (secondary N) is 1. The van der Waals surface area contributed by atoms with Gasteiger partial charge in [0.2, 0.25) is 5.91 Å². The highest BCUT2D eigenvalue weighted by molar-refractivity contribution is 5.87. The molecule has 5 unspecified atom stereocenters. The van der Waals surface area contributed by atoms with E-state index in [1.807, 2.05) is 0 Å². The summed E-state index contributed by atoms with van der Waals surface area (Å²) >= 11 is 0. The summed E-state index contributed by atoms with van der Waals surface area (Å²) in [4.78, 5) is 23.5. The van der Waals surface area contributed by atoms with E-state index in [9.17, 15) is 14.7 Å². The average Bonchev–Trinajstić information content (AvgIpc) is 2.86. The maximum atomic E-state index is 12.3. The first-order valence-electron chi connectivity index (χ1n) is 7.65. The van der Waals surface area contributed by atoms with Gasteiger partial charge in [-0.25, -0.2) is 4.79 Å². The van der Waals surface area contributed by atoms with Crippen molar-refractivity contribution in [3.8, 4) is 0 Å². The van der Waals surface area contributed by atoms with E-state index in [4.69, 9.17) is 4.74 Å². The van der Waals surface area contributed by atoms with Crippen molar-refractivity contribution >= 4 is 11.9 Å². The van der Waals surface area contributed by atoms with Crippen LogP contribution in [-0.4, -0.2) is 36.7 Å². The zero-order valence-corrected chi connectivity index (χ0v) is 11.9. The zero-order chi connectivity index (χ0) is 14.3. The highest BCUT2D eigenvalue weighted by atomic mass is 16.5. The van der Waals surface area contributed by atoms with Gasteiger partial charge in [-0.3, -0.25) is 4.79 Å². The molecule has 3 fully saturated rings. The molecule has 0 aromatic rings. The maximum absolute atomic E-state index is 12.3. The molecule has 0 radical (unpaired) electrons. The third-order valence-corrected chi connectivity index (χ3v) is 5.49. The summed E-state index contributed by atoms with van der Waals surface area (Å²) in [6, 6.07) is -0.767. The van der Waals surface area contributed by atoms with E-state index in [1.165, 1.54) is 19.3 Å². The van der Waals surface area contributed by atoms with Gasteiger partial charge in [-0.2, -0.15) is 0 Å².